The summed E-state index contributed by atoms with van der Waals surface area (Å²) in [7, 11) is -3.59. The van der Waals surface area contributed by atoms with E-state index in [0.29, 0.717) is 11.3 Å². The van der Waals surface area contributed by atoms with Gasteiger partial charge in [-0.2, -0.15) is 0 Å². The summed E-state index contributed by atoms with van der Waals surface area (Å²) < 4.78 is 27.4. The van der Waals surface area contributed by atoms with Gasteiger partial charge in [-0.15, -0.1) is 0 Å². The highest BCUT2D eigenvalue weighted by atomic mass is 32.2. The van der Waals surface area contributed by atoms with Crippen molar-refractivity contribution in [1.82, 2.24) is 4.72 Å². The van der Waals surface area contributed by atoms with Crippen LogP contribution in [0.15, 0.2) is 23.1 Å². The fourth-order valence-corrected chi connectivity index (χ4v) is 3.28. The van der Waals surface area contributed by atoms with Gasteiger partial charge in [0.05, 0.1) is 4.90 Å². The van der Waals surface area contributed by atoms with Crippen molar-refractivity contribution in [2.45, 2.75) is 45.6 Å². The fourth-order valence-electron chi connectivity index (χ4n) is 1.61. The van der Waals surface area contributed by atoms with Gasteiger partial charge >= 0.3 is 0 Å². The van der Waals surface area contributed by atoms with Gasteiger partial charge in [-0.3, -0.25) is 4.79 Å². The van der Waals surface area contributed by atoms with Crippen molar-refractivity contribution in [2.24, 2.45) is 5.92 Å². The highest BCUT2D eigenvalue weighted by Gasteiger charge is 2.21. The third kappa shape index (κ3) is 4.31. The van der Waals surface area contributed by atoms with Gasteiger partial charge in [0.25, 0.3) is 0 Å². The summed E-state index contributed by atoms with van der Waals surface area (Å²) in [5.74, 6) is -0.0377. The molecular formula is C14H22N2O3S. The van der Waals surface area contributed by atoms with Gasteiger partial charge < -0.3 is 5.32 Å². The van der Waals surface area contributed by atoms with Gasteiger partial charge in [0.15, 0.2) is 0 Å². The van der Waals surface area contributed by atoms with Crippen LogP contribution in [0.2, 0.25) is 0 Å². The Hall–Kier alpha value is -1.40. The summed E-state index contributed by atoms with van der Waals surface area (Å²) in [4.78, 5) is 11.2. The first-order valence-corrected chi connectivity index (χ1v) is 8.02. The molecule has 1 aromatic rings. The second-order valence-corrected chi connectivity index (χ2v) is 7.00. The van der Waals surface area contributed by atoms with E-state index in [1.54, 1.807) is 19.1 Å². The van der Waals surface area contributed by atoms with E-state index in [-0.39, 0.29) is 22.8 Å². The summed E-state index contributed by atoms with van der Waals surface area (Å²) in [6.45, 7) is 8.84. The number of hydrogen-bond acceptors (Lipinski definition) is 3. The molecular weight excluding hydrogens is 276 g/mol. The molecule has 0 aliphatic carbocycles. The quantitative estimate of drug-likeness (QED) is 0.875. The number of nitrogens with one attached hydrogen (secondary N) is 2. The first kappa shape index (κ1) is 16.7. The Morgan fingerprint density at radius 1 is 1.20 bits per heavy atom. The van der Waals surface area contributed by atoms with E-state index in [1.165, 1.54) is 13.0 Å². The lowest BCUT2D eigenvalue weighted by molar-refractivity contribution is -0.114. The molecule has 1 amide bonds. The number of carbonyl (C=O) groups excluding carboxylic acids is 1. The first-order chi connectivity index (χ1) is 9.13. The van der Waals surface area contributed by atoms with Crippen molar-refractivity contribution in [3.63, 3.8) is 0 Å². The molecule has 6 heteroatoms. The van der Waals surface area contributed by atoms with Gasteiger partial charge in [0.2, 0.25) is 15.9 Å². The lowest BCUT2D eigenvalue weighted by Crippen LogP contribution is -2.36. The molecule has 0 aromatic heterocycles. The lowest BCUT2D eigenvalue weighted by atomic mass is 10.1. The summed E-state index contributed by atoms with van der Waals surface area (Å²) in [5, 5.41) is 2.59. The van der Waals surface area contributed by atoms with Crippen molar-refractivity contribution in [3.8, 4) is 0 Å². The van der Waals surface area contributed by atoms with Gasteiger partial charge in [-0.25, -0.2) is 13.1 Å². The molecule has 0 radical (unpaired) electrons. The first-order valence-electron chi connectivity index (χ1n) is 6.54. The second-order valence-electron chi connectivity index (χ2n) is 5.32. The zero-order valence-electron chi connectivity index (χ0n) is 12.5. The smallest absolute Gasteiger partial charge is 0.241 e. The summed E-state index contributed by atoms with van der Waals surface area (Å²) >= 11 is 0. The Morgan fingerprint density at radius 2 is 1.80 bits per heavy atom. The number of aryl methyl sites for hydroxylation is 1. The third-order valence-corrected chi connectivity index (χ3v) is 4.84. The molecule has 20 heavy (non-hydrogen) atoms. The van der Waals surface area contributed by atoms with E-state index in [2.05, 4.69) is 10.0 Å². The van der Waals surface area contributed by atoms with E-state index in [9.17, 15) is 13.2 Å². The molecule has 0 aliphatic rings. The molecule has 1 aromatic carbocycles. The van der Waals surface area contributed by atoms with Crippen LogP contribution in [0, 0.1) is 12.8 Å². The standard InChI is InChI=1S/C14H22N2O3S/c1-9(2)11(4)16-20(18,19)14-8-13(15-12(5)17)7-6-10(14)3/h6-9,11,16H,1-5H3,(H,15,17). The molecule has 0 heterocycles. The Bertz CT molecular complexity index is 594. The monoisotopic (exact) mass is 298 g/mol. The molecule has 1 unspecified atom stereocenters. The van der Waals surface area contributed by atoms with Crippen LogP contribution in [0.1, 0.15) is 33.3 Å². The minimum atomic E-state index is -3.59. The second kappa shape index (κ2) is 6.37. The van der Waals surface area contributed by atoms with Gasteiger partial charge in [-0.1, -0.05) is 19.9 Å². The van der Waals surface area contributed by atoms with Crippen molar-refractivity contribution < 1.29 is 13.2 Å². The van der Waals surface area contributed by atoms with Crippen molar-refractivity contribution in [2.75, 3.05) is 5.32 Å². The van der Waals surface area contributed by atoms with E-state index in [4.69, 9.17) is 0 Å². The van der Waals surface area contributed by atoms with E-state index < -0.39 is 10.0 Å². The maximum atomic E-state index is 12.4. The average molecular weight is 298 g/mol. The van der Waals surface area contributed by atoms with Crippen LogP contribution in [0.3, 0.4) is 0 Å². The van der Waals surface area contributed by atoms with Crippen LogP contribution in [-0.4, -0.2) is 20.4 Å². The SMILES string of the molecule is CC(=O)Nc1ccc(C)c(S(=O)(=O)NC(C)C(C)C)c1. The Labute approximate surface area is 120 Å². The maximum Gasteiger partial charge on any atom is 0.241 e. The Morgan fingerprint density at radius 3 is 2.30 bits per heavy atom. The number of hydrogen-bond donors (Lipinski definition) is 2. The van der Waals surface area contributed by atoms with Crippen LogP contribution < -0.4 is 10.0 Å². The zero-order chi connectivity index (χ0) is 15.5. The number of amides is 1. The molecule has 0 fully saturated rings. The lowest BCUT2D eigenvalue weighted by Gasteiger charge is -2.19. The number of anilines is 1. The van der Waals surface area contributed by atoms with Crippen LogP contribution in [0.25, 0.3) is 0 Å². The summed E-state index contributed by atoms with van der Waals surface area (Å²) in [5.41, 5.74) is 1.11. The van der Waals surface area contributed by atoms with Crippen LogP contribution in [0.5, 0.6) is 0 Å². The molecule has 0 saturated carbocycles. The molecule has 0 spiro atoms. The zero-order valence-corrected chi connectivity index (χ0v) is 13.3. The maximum absolute atomic E-state index is 12.4. The van der Waals surface area contributed by atoms with E-state index in [1.807, 2.05) is 20.8 Å². The highest BCUT2D eigenvalue weighted by molar-refractivity contribution is 7.89. The summed E-state index contributed by atoms with van der Waals surface area (Å²) in [6, 6.07) is 4.68. The van der Waals surface area contributed by atoms with Gasteiger partial charge in [0.1, 0.15) is 0 Å². The number of rotatable bonds is 5. The fraction of sp³-hybridized carbons (Fsp3) is 0.500. The number of carbonyl (C=O) groups is 1. The van der Waals surface area contributed by atoms with Gasteiger partial charge in [-0.05, 0) is 37.5 Å². The van der Waals surface area contributed by atoms with Crippen LogP contribution in [0.4, 0.5) is 5.69 Å². The predicted octanol–water partition coefficient (Wildman–Crippen LogP) is 2.28. The molecule has 2 N–H and O–H groups in total. The van der Waals surface area contributed by atoms with E-state index >= 15 is 0 Å². The molecule has 0 saturated heterocycles. The third-order valence-electron chi connectivity index (χ3n) is 3.14. The Balaban J connectivity index is 3.13. The van der Waals surface area contributed by atoms with Crippen molar-refractivity contribution in [3.05, 3.63) is 23.8 Å². The molecule has 0 bridgehead atoms. The Kier molecular flexibility index (Phi) is 5.30. The molecule has 0 aliphatic heterocycles. The number of sulfonamides is 1. The van der Waals surface area contributed by atoms with Crippen molar-refractivity contribution in [1.29, 1.82) is 0 Å². The minimum Gasteiger partial charge on any atom is -0.326 e. The van der Waals surface area contributed by atoms with Crippen LogP contribution in [-0.2, 0) is 14.8 Å². The molecule has 112 valence electrons. The van der Waals surface area contributed by atoms with E-state index in [0.717, 1.165) is 0 Å². The molecule has 1 rings (SSSR count). The molecule has 5 nitrogen and oxygen atoms in total. The van der Waals surface area contributed by atoms with Crippen LogP contribution >= 0.6 is 0 Å². The number of benzene rings is 1. The normalized spacial score (nSPS) is 13.3. The van der Waals surface area contributed by atoms with Gasteiger partial charge in [0, 0.05) is 18.7 Å². The highest BCUT2D eigenvalue weighted by Crippen LogP contribution is 2.21. The molecule has 1 atom stereocenters. The minimum absolute atomic E-state index is 0.163. The topological polar surface area (TPSA) is 75.3 Å². The van der Waals surface area contributed by atoms with Crippen molar-refractivity contribution >= 4 is 21.6 Å². The average Bonchev–Trinajstić information content (AvgIpc) is 2.30. The summed E-state index contributed by atoms with van der Waals surface area (Å²) in [6.07, 6.45) is 0. The largest absolute Gasteiger partial charge is 0.326 e. The predicted molar refractivity (Wildman–Crippen MR) is 80.1 cm³/mol.